The summed E-state index contributed by atoms with van der Waals surface area (Å²) in [4.78, 5) is 9.08. The number of nitrogens with one attached hydrogen (secondary N) is 2. The summed E-state index contributed by atoms with van der Waals surface area (Å²) in [7, 11) is 0. The number of hydrogen-bond acceptors (Lipinski definition) is 9. The van der Waals surface area contributed by atoms with Crippen LogP contribution < -0.4 is 16.4 Å². The molecule has 0 radical (unpaired) electrons. The smallest absolute Gasteiger partial charge is 0.181 e. The van der Waals surface area contributed by atoms with Gasteiger partial charge in [0.05, 0.1) is 45.3 Å². The third kappa shape index (κ3) is 5.14. The number of nitrogens with zero attached hydrogens (tertiary/aromatic N) is 6. The molecule has 0 amide bonds. The van der Waals surface area contributed by atoms with Crippen molar-refractivity contribution in [2.75, 3.05) is 22.9 Å². The molecule has 6 rings (SSSR count). The molecule has 3 aromatic heterocycles. The Bertz CT molecular complexity index is 1740. The minimum absolute atomic E-state index is 0.0309. The predicted molar refractivity (Wildman–Crippen MR) is 160 cm³/mol. The van der Waals surface area contributed by atoms with Gasteiger partial charge < -0.3 is 16.4 Å². The van der Waals surface area contributed by atoms with Gasteiger partial charge in [-0.2, -0.15) is 5.26 Å². The first kappa shape index (κ1) is 25.5. The van der Waals surface area contributed by atoms with Crippen molar-refractivity contribution < 1.29 is 0 Å². The molecule has 0 spiro atoms. The van der Waals surface area contributed by atoms with E-state index in [9.17, 15) is 5.26 Å². The van der Waals surface area contributed by atoms with Crippen molar-refractivity contribution >= 4 is 64.9 Å². The average Bonchev–Trinajstić information content (AvgIpc) is 3.49. The van der Waals surface area contributed by atoms with E-state index in [1.165, 1.54) is 11.3 Å². The Hall–Kier alpha value is -3.75. The third-order valence-corrected chi connectivity index (χ3v) is 8.22. The van der Waals surface area contributed by atoms with Crippen LogP contribution in [0.3, 0.4) is 0 Å². The number of nitrogen functional groups attached to an aromatic ring is 1. The highest BCUT2D eigenvalue weighted by Gasteiger charge is 2.28. The van der Waals surface area contributed by atoms with Gasteiger partial charge in [-0.15, -0.1) is 5.10 Å². The number of thiazole rings is 1. The van der Waals surface area contributed by atoms with Gasteiger partial charge in [0, 0.05) is 33.9 Å². The molecule has 39 heavy (non-hydrogen) atoms. The Morgan fingerprint density at radius 3 is 2.85 bits per heavy atom. The minimum atomic E-state index is -0.302. The first-order valence-electron chi connectivity index (χ1n) is 12.8. The van der Waals surface area contributed by atoms with Gasteiger partial charge in [-0.1, -0.05) is 49.5 Å². The van der Waals surface area contributed by atoms with Gasteiger partial charge in [0.1, 0.15) is 11.8 Å². The summed E-state index contributed by atoms with van der Waals surface area (Å²) in [6, 6.07) is 12.5. The van der Waals surface area contributed by atoms with E-state index < -0.39 is 0 Å². The molecule has 3 heterocycles. The van der Waals surface area contributed by atoms with Crippen molar-refractivity contribution in [3.8, 4) is 6.07 Å². The summed E-state index contributed by atoms with van der Waals surface area (Å²) in [6.07, 6.45) is 5.90. The molecule has 0 bridgehead atoms. The number of hydrogen-bond donors (Lipinski definition) is 3. The van der Waals surface area contributed by atoms with Gasteiger partial charge in [0.15, 0.2) is 5.13 Å². The fourth-order valence-electron chi connectivity index (χ4n) is 4.60. The SMILES string of the molecule is CC(C)(C)CNc1c(C#N)cnc2c(Br)cc(N[C@H](c3cn(C4CC4)nn3)c3cccc4nc(N)sc34)cc12. The molecule has 1 aliphatic carbocycles. The monoisotopic (exact) mass is 601 g/mol. The number of benzene rings is 2. The second kappa shape index (κ2) is 9.77. The first-order chi connectivity index (χ1) is 18.7. The second-order valence-corrected chi connectivity index (χ2v) is 13.0. The summed E-state index contributed by atoms with van der Waals surface area (Å²) in [6.45, 7) is 7.18. The largest absolute Gasteiger partial charge is 0.383 e. The Labute approximate surface area is 238 Å². The molecular formula is C28H28BrN9S. The van der Waals surface area contributed by atoms with Crippen molar-refractivity contribution in [1.82, 2.24) is 25.0 Å². The lowest BCUT2D eigenvalue weighted by Crippen LogP contribution is -2.20. The summed E-state index contributed by atoms with van der Waals surface area (Å²) < 4.78 is 3.79. The van der Waals surface area contributed by atoms with Crippen LogP contribution in [0.4, 0.5) is 16.5 Å². The highest BCUT2D eigenvalue weighted by Crippen LogP contribution is 2.40. The lowest BCUT2D eigenvalue weighted by Gasteiger charge is -2.22. The molecule has 198 valence electrons. The van der Waals surface area contributed by atoms with Crippen molar-refractivity contribution in [3.63, 3.8) is 0 Å². The van der Waals surface area contributed by atoms with Crippen molar-refractivity contribution in [1.29, 1.82) is 5.26 Å². The summed E-state index contributed by atoms with van der Waals surface area (Å²) >= 11 is 5.19. The van der Waals surface area contributed by atoms with E-state index in [2.05, 4.69) is 79.8 Å². The molecule has 4 N–H and O–H groups in total. The normalized spacial score (nSPS) is 14.4. The zero-order valence-corrected chi connectivity index (χ0v) is 24.3. The van der Waals surface area contributed by atoms with Crippen LogP contribution in [-0.4, -0.2) is 31.5 Å². The Morgan fingerprint density at radius 2 is 2.10 bits per heavy atom. The van der Waals surface area contributed by atoms with Crippen molar-refractivity contribution in [2.45, 2.75) is 45.7 Å². The quantitative estimate of drug-likeness (QED) is 0.189. The topological polar surface area (TPSA) is 130 Å². The van der Waals surface area contributed by atoms with Gasteiger partial charge in [0.2, 0.25) is 0 Å². The van der Waals surface area contributed by atoms with Crippen LogP contribution in [0.25, 0.3) is 21.1 Å². The van der Waals surface area contributed by atoms with Gasteiger partial charge >= 0.3 is 0 Å². The van der Waals surface area contributed by atoms with E-state index in [1.54, 1.807) is 6.20 Å². The second-order valence-electron chi connectivity index (χ2n) is 11.1. The number of fused-ring (bicyclic) bond motifs is 2. The average molecular weight is 603 g/mol. The summed E-state index contributed by atoms with van der Waals surface area (Å²) in [5, 5.41) is 27.5. The summed E-state index contributed by atoms with van der Waals surface area (Å²) in [5.41, 5.74) is 11.7. The molecule has 9 nitrogen and oxygen atoms in total. The first-order valence-corrected chi connectivity index (χ1v) is 14.4. The van der Waals surface area contributed by atoms with Crippen LogP contribution in [0, 0.1) is 16.7 Å². The predicted octanol–water partition coefficient (Wildman–Crippen LogP) is 6.65. The lowest BCUT2D eigenvalue weighted by atomic mass is 9.96. The maximum absolute atomic E-state index is 9.85. The molecule has 1 fully saturated rings. The molecule has 1 aliphatic rings. The number of rotatable bonds is 7. The lowest BCUT2D eigenvalue weighted by molar-refractivity contribution is 0.443. The number of anilines is 3. The van der Waals surface area contributed by atoms with E-state index in [0.29, 0.717) is 23.3 Å². The molecule has 0 saturated heterocycles. The maximum atomic E-state index is 9.85. The zero-order chi connectivity index (χ0) is 27.3. The van der Waals surface area contributed by atoms with Crippen LogP contribution in [0.2, 0.25) is 0 Å². The van der Waals surface area contributed by atoms with Gasteiger partial charge in [-0.3, -0.25) is 4.98 Å². The number of aromatic nitrogens is 5. The maximum Gasteiger partial charge on any atom is 0.181 e. The van der Waals surface area contributed by atoms with Crippen LogP contribution in [0.15, 0.2) is 47.2 Å². The molecule has 2 aromatic carbocycles. The van der Waals surface area contributed by atoms with Crippen LogP contribution in [0.5, 0.6) is 0 Å². The molecule has 1 saturated carbocycles. The molecule has 0 aliphatic heterocycles. The van der Waals surface area contributed by atoms with E-state index >= 15 is 0 Å². The zero-order valence-electron chi connectivity index (χ0n) is 21.9. The highest BCUT2D eigenvalue weighted by atomic mass is 79.9. The van der Waals surface area contributed by atoms with Crippen LogP contribution in [0.1, 0.15) is 62.5 Å². The fraction of sp³-hybridized carbons (Fsp3) is 0.321. The summed E-state index contributed by atoms with van der Waals surface area (Å²) in [5.74, 6) is 0. The number of halogens is 1. The van der Waals surface area contributed by atoms with E-state index in [1.807, 2.05) is 35.1 Å². The third-order valence-electron chi connectivity index (χ3n) is 6.67. The van der Waals surface area contributed by atoms with Gasteiger partial charge in [-0.25, -0.2) is 9.67 Å². The standard InChI is InChI=1S/C28H28BrN9S/c1-28(2,3)14-33-23-15(11-30)12-32-24-19(23)9-16(10-20(24)29)34-25(22-13-38(37-36-22)17-7-8-17)18-5-4-6-21-26(18)39-27(31)35-21/h4-6,9-10,12-13,17,25,34H,7-8,14H2,1-3H3,(H2,31,35)(H,32,33)/t25-/m0/s1. The molecule has 11 heteroatoms. The molecule has 1 atom stereocenters. The highest BCUT2D eigenvalue weighted by molar-refractivity contribution is 9.10. The van der Waals surface area contributed by atoms with Crippen molar-refractivity contribution in [2.24, 2.45) is 5.41 Å². The van der Waals surface area contributed by atoms with Gasteiger partial charge in [0.25, 0.3) is 0 Å². The fourth-order valence-corrected chi connectivity index (χ4v) is 6.04. The molecule has 5 aromatic rings. The molecular weight excluding hydrogens is 574 g/mol. The minimum Gasteiger partial charge on any atom is -0.383 e. The Kier molecular flexibility index (Phi) is 6.40. The van der Waals surface area contributed by atoms with Crippen molar-refractivity contribution in [3.05, 3.63) is 64.0 Å². The Balaban J connectivity index is 1.47. The number of pyridine rings is 1. The van der Waals surface area contributed by atoms with Gasteiger partial charge in [-0.05, 0) is 52.4 Å². The van der Waals surface area contributed by atoms with Crippen LogP contribution in [-0.2, 0) is 0 Å². The number of nitrogens with two attached hydrogens (primary N) is 1. The van der Waals surface area contributed by atoms with E-state index in [-0.39, 0.29) is 11.5 Å². The van der Waals surface area contributed by atoms with E-state index in [0.717, 1.165) is 61.1 Å². The number of nitriles is 1. The molecule has 0 unspecified atom stereocenters. The van der Waals surface area contributed by atoms with Crippen LogP contribution >= 0.6 is 27.3 Å². The van der Waals surface area contributed by atoms with E-state index in [4.69, 9.17) is 5.73 Å². The Morgan fingerprint density at radius 1 is 1.28 bits per heavy atom.